The number of nitrogens with zero attached hydrogens (tertiary/aromatic N) is 1. The molecule has 1 aromatic carbocycles. The molecule has 1 aliphatic heterocycles. The van der Waals surface area contributed by atoms with Crippen molar-refractivity contribution in [2.24, 2.45) is 0 Å². The first kappa shape index (κ1) is 17.2. The first-order valence-electron chi connectivity index (χ1n) is 8.48. The molecule has 1 aromatic rings. The maximum absolute atomic E-state index is 12.7. The zero-order valence-corrected chi connectivity index (χ0v) is 14.9. The topological polar surface area (TPSA) is 75.7 Å². The second-order valence-electron chi connectivity index (χ2n) is 6.64. The number of carbonyl (C=O) groups is 1. The molecule has 0 spiro atoms. The maximum atomic E-state index is 12.7. The monoisotopic (exact) mass is 352 g/mol. The molecule has 0 saturated heterocycles. The van der Waals surface area contributed by atoms with E-state index in [0.717, 1.165) is 25.7 Å². The highest BCUT2D eigenvalue weighted by molar-refractivity contribution is 7.89. The van der Waals surface area contributed by atoms with Crippen molar-refractivity contribution in [3.05, 3.63) is 18.2 Å². The van der Waals surface area contributed by atoms with E-state index in [1.807, 2.05) is 6.92 Å². The van der Waals surface area contributed by atoms with Gasteiger partial charge in [-0.3, -0.25) is 4.79 Å². The van der Waals surface area contributed by atoms with E-state index in [1.54, 1.807) is 17.0 Å². The highest BCUT2D eigenvalue weighted by Gasteiger charge is 2.28. The van der Waals surface area contributed by atoms with Gasteiger partial charge in [0.25, 0.3) is 0 Å². The number of benzene rings is 1. The molecule has 1 amide bonds. The Morgan fingerprint density at radius 2 is 1.96 bits per heavy atom. The van der Waals surface area contributed by atoms with Gasteiger partial charge in [0.15, 0.2) is 0 Å². The van der Waals surface area contributed by atoms with E-state index in [1.165, 1.54) is 19.4 Å². The van der Waals surface area contributed by atoms with Crippen LogP contribution in [0.4, 0.5) is 5.69 Å². The van der Waals surface area contributed by atoms with Crippen molar-refractivity contribution in [3.8, 4) is 5.75 Å². The van der Waals surface area contributed by atoms with E-state index in [-0.39, 0.29) is 22.9 Å². The quantitative estimate of drug-likeness (QED) is 0.906. The molecule has 2 aliphatic rings. The van der Waals surface area contributed by atoms with Gasteiger partial charge in [-0.05, 0) is 38.0 Å². The second kappa shape index (κ2) is 6.72. The molecule has 1 N–H and O–H groups in total. The Hall–Kier alpha value is -1.60. The molecule has 1 aliphatic carbocycles. The number of nitrogens with one attached hydrogen (secondary N) is 1. The van der Waals surface area contributed by atoms with Crippen LogP contribution in [0.3, 0.4) is 0 Å². The summed E-state index contributed by atoms with van der Waals surface area (Å²) in [6, 6.07) is 4.71. The number of fused-ring (bicyclic) bond motifs is 1. The summed E-state index contributed by atoms with van der Waals surface area (Å²) >= 11 is 0. The first-order chi connectivity index (χ1) is 11.4. The summed E-state index contributed by atoms with van der Waals surface area (Å²) in [5.74, 6) is 0.418. The van der Waals surface area contributed by atoms with Gasteiger partial charge < -0.3 is 9.64 Å². The SMILES string of the molecule is CC(=O)N1CC(C)Oc2ccc(S(=O)(=O)NC3CCCCC3)cc21. The fourth-order valence-corrected chi connectivity index (χ4v) is 4.72. The minimum atomic E-state index is -3.60. The van der Waals surface area contributed by atoms with E-state index in [2.05, 4.69) is 4.72 Å². The highest BCUT2D eigenvalue weighted by Crippen LogP contribution is 2.35. The fraction of sp³-hybridized carbons (Fsp3) is 0.588. The van der Waals surface area contributed by atoms with Crippen LogP contribution in [-0.4, -0.2) is 33.0 Å². The predicted octanol–water partition coefficient (Wildman–Crippen LogP) is 2.43. The van der Waals surface area contributed by atoms with Crippen LogP contribution in [0.1, 0.15) is 46.0 Å². The van der Waals surface area contributed by atoms with E-state index >= 15 is 0 Å². The molecule has 1 atom stereocenters. The lowest BCUT2D eigenvalue weighted by Crippen LogP contribution is -2.41. The number of hydrogen-bond donors (Lipinski definition) is 1. The molecule has 132 valence electrons. The van der Waals surface area contributed by atoms with E-state index < -0.39 is 10.0 Å². The number of rotatable bonds is 3. The predicted molar refractivity (Wildman–Crippen MR) is 91.8 cm³/mol. The molecule has 3 rings (SSSR count). The molecule has 1 unspecified atom stereocenters. The number of sulfonamides is 1. The molecule has 1 fully saturated rings. The van der Waals surface area contributed by atoms with Crippen molar-refractivity contribution in [1.82, 2.24) is 4.72 Å². The van der Waals surface area contributed by atoms with Crippen LogP contribution in [0.2, 0.25) is 0 Å². The highest BCUT2D eigenvalue weighted by atomic mass is 32.2. The average Bonchev–Trinajstić information content (AvgIpc) is 2.54. The summed E-state index contributed by atoms with van der Waals surface area (Å²) in [4.78, 5) is 13.6. The van der Waals surface area contributed by atoms with Gasteiger partial charge in [0.2, 0.25) is 15.9 Å². The number of carbonyl (C=O) groups excluding carboxylic acids is 1. The Kier molecular flexibility index (Phi) is 4.83. The van der Waals surface area contributed by atoms with Crippen LogP contribution >= 0.6 is 0 Å². The molecular weight excluding hydrogens is 328 g/mol. The van der Waals surface area contributed by atoms with Crippen LogP contribution in [-0.2, 0) is 14.8 Å². The Bertz CT molecular complexity index is 726. The fourth-order valence-electron chi connectivity index (χ4n) is 3.39. The van der Waals surface area contributed by atoms with E-state index in [4.69, 9.17) is 4.74 Å². The van der Waals surface area contributed by atoms with Crippen molar-refractivity contribution in [3.63, 3.8) is 0 Å². The lowest BCUT2D eigenvalue weighted by molar-refractivity contribution is -0.117. The van der Waals surface area contributed by atoms with Crippen LogP contribution in [0.5, 0.6) is 5.75 Å². The third-order valence-corrected chi connectivity index (χ3v) is 6.12. The summed E-state index contributed by atoms with van der Waals surface area (Å²) in [5, 5.41) is 0. The minimum Gasteiger partial charge on any atom is -0.487 e. The number of ether oxygens (including phenoxy) is 1. The van der Waals surface area contributed by atoms with Gasteiger partial charge in [-0.1, -0.05) is 19.3 Å². The molecule has 6 nitrogen and oxygen atoms in total. The summed E-state index contributed by atoms with van der Waals surface area (Å²) < 4.78 is 33.9. The average molecular weight is 352 g/mol. The normalized spacial score (nSPS) is 21.9. The summed E-state index contributed by atoms with van der Waals surface area (Å²) in [6.07, 6.45) is 4.92. The molecule has 1 heterocycles. The van der Waals surface area contributed by atoms with E-state index in [9.17, 15) is 13.2 Å². The molecule has 0 bridgehead atoms. The molecule has 24 heavy (non-hydrogen) atoms. The first-order valence-corrected chi connectivity index (χ1v) is 9.96. The van der Waals surface area contributed by atoms with Crippen LogP contribution < -0.4 is 14.4 Å². The zero-order valence-electron chi connectivity index (χ0n) is 14.1. The van der Waals surface area contributed by atoms with Gasteiger partial charge in [-0.2, -0.15) is 0 Å². The van der Waals surface area contributed by atoms with Gasteiger partial charge in [-0.15, -0.1) is 0 Å². The van der Waals surface area contributed by atoms with Crippen molar-refractivity contribution in [1.29, 1.82) is 0 Å². The van der Waals surface area contributed by atoms with Crippen LogP contribution in [0.15, 0.2) is 23.1 Å². The minimum absolute atomic E-state index is 0.0000326. The molecule has 7 heteroatoms. The number of hydrogen-bond acceptors (Lipinski definition) is 4. The summed E-state index contributed by atoms with van der Waals surface area (Å²) in [5.41, 5.74) is 0.520. The van der Waals surface area contributed by atoms with Crippen molar-refractivity contribution < 1.29 is 17.9 Å². The third kappa shape index (κ3) is 3.57. The zero-order chi connectivity index (χ0) is 17.3. The van der Waals surface area contributed by atoms with Crippen molar-refractivity contribution in [2.75, 3.05) is 11.4 Å². The number of anilines is 1. The van der Waals surface area contributed by atoms with Gasteiger partial charge >= 0.3 is 0 Å². The van der Waals surface area contributed by atoms with Crippen LogP contribution in [0, 0.1) is 0 Å². The van der Waals surface area contributed by atoms with Gasteiger partial charge in [0.1, 0.15) is 11.9 Å². The largest absolute Gasteiger partial charge is 0.487 e. The Labute approximate surface area is 143 Å². The smallest absolute Gasteiger partial charge is 0.240 e. The summed E-state index contributed by atoms with van der Waals surface area (Å²) in [7, 11) is -3.60. The second-order valence-corrected chi connectivity index (χ2v) is 8.36. The lowest BCUT2D eigenvalue weighted by atomic mass is 9.96. The Morgan fingerprint density at radius 1 is 1.25 bits per heavy atom. The molecule has 1 saturated carbocycles. The van der Waals surface area contributed by atoms with E-state index in [0.29, 0.717) is 18.0 Å². The van der Waals surface area contributed by atoms with Gasteiger partial charge in [-0.25, -0.2) is 13.1 Å². The van der Waals surface area contributed by atoms with Gasteiger partial charge in [0, 0.05) is 13.0 Å². The van der Waals surface area contributed by atoms with Crippen LogP contribution in [0.25, 0.3) is 0 Å². The standard InChI is InChI=1S/C17H24N2O4S/c1-12-11-19(13(2)20)16-10-15(8-9-17(16)23-12)24(21,22)18-14-6-4-3-5-7-14/h8-10,12,14,18H,3-7,11H2,1-2H3. The Morgan fingerprint density at radius 3 is 2.62 bits per heavy atom. The Balaban J connectivity index is 1.89. The maximum Gasteiger partial charge on any atom is 0.240 e. The van der Waals surface area contributed by atoms with Gasteiger partial charge in [0.05, 0.1) is 17.1 Å². The molecular formula is C17H24N2O4S. The summed E-state index contributed by atoms with van der Waals surface area (Å²) in [6.45, 7) is 3.78. The van der Waals surface area contributed by atoms with Crippen molar-refractivity contribution in [2.45, 2.75) is 63.0 Å². The third-order valence-electron chi connectivity index (χ3n) is 4.61. The van der Waals surface area contributed by atoms with Crippen molar-refractivity contribution >= 4 is 21.6 Å². The molecule has 0 aromatic heterocycles. The number of amides is 1. The molecule has 0 radical (unpaired) electrons. The lowest BCUT2D eigenvalue weighted by Gasteiger charge is -2.33.